The first-order chi connectivity index (χ1) is 16.3. The maximum absolute atomic E-state index is 13.3. The number of carbonyl (C=O) groups is 1. The maximum Gasteiger partial charge on any atom is 0.269 e. The Morgan fingerprint density at radius 1 is 1.15 bits per heavy atom. The van der Waals surface area contributed by atoms with Crippen molar-refractivity contribution in [3.05, 3.63) is 84.8 Å². The lowest BCUT2D eigenvalue weighted by molar-refractivity contribution is 0.0951. The van der Waals surface area contributed by atoms with E-state index in [0.29, 0.717) is 16.3 Å². The van der Waals surface area contributed by atoms with Crippen LogP contribution in [0.5, 0.6) is 11.6 Å². The number of amides is 1. The van der Waals surface area contributed by atoms with Gasteiger partial charge in [0.1, 0.15) is 5.82 Å². The lowest BCUT2D eigenvalue weighted by atomic mass is 10.1. The van der Waals surface area contributed by atoms with Crippen LogP contribution >= 0.6 is 35.4 Å². The number of pyridine rings is 1. The zero-order valence-corrected chi connectivity index (χ0v) is 20.3. The molecule has 0 saturated heterocycles. The summed E-state index contributed by atoms with van der Waals surface area (Å²) in [7, 11) is 2.92. The van der Waals surface area contributed by atoms with E-state index in [0.717, 1.165) is 5.56 Å². The molecule has 2 aromatic heterocycles. The van der Waals surface area contributed by atoms with Crippen LogP contribution in [0, 0.1) is 4.77 Å². The second-order valence-corrected chi connectivity index (χ2v) is 8.38. The molecular weight excluding hydrogens is 499 g/mol. The number of nitrogens with zero attached hydrogens (tertiary/aromatic N) is 2. The van der Waals surface area contributed by atoms with Crippen LogP contribution in [0.25, 0.3) is 16.7 Å². The molecule has 8 nitrogen and oxygen atoms in total. The molecule has 2 N–H and O–H groups in total. The molecule has 11 heteroatoms. The summed E-state index contributed by atoms with van der Waals surface area (Å²) < 4.78 is 11.7. The third-order valence-electron chi connectivity index (χ3n) is 5.01. The minimum absolute atomic E-state index is 0.0739. The Morgan fingerprint density at radius 3 is 2.65 bits per heavy atom. The molecule has 0 spiro atoms. The summed E-state index contributed by atoms with van der Waals surface area (Å²) in [6.07, 6.45) is 0. The Kier molecular flexibility index (Phi) is 6.87. The molecule has 0 aliphatic rings. The van der Waals surface area contributed by atoms with E-state index in [1.807, 2.05) is 6.07 Å². The molecule has 0 bridgehead atoms. The molecule has 0 saturated carbocycles. The Morgan fingerprint density at radius 2 is 1.94 bits per heavy atom. The number of hydrogen-bond donors (Lipinski definition) is 2. The summed E-state index contributed by atoms with van der Waals surface area (Å²) in [5.74, 6) is 0.458. The fourth-order valence-electron chi connectivity index (χ4n) is 3.41. The number of aromatic amines is 1. The van der Waals surface area contributed by atoms with Crippen molar-refractivity contribution in [1.29, 1.82) is 0 Å². The molecule has 2 heterocycles. The van der Waals surface area contributed by atoms with Crippen molar-refractivity contribution in [2.45, 2.75) is 6.54 Å². The van der Waals surface area contributed by atoms with Crippen molar-refractivity contribution in [1.82, 2.24) is 19.9 Å². The number of halogens is 2. The number of ether oxygens (including phenoxy) is 2. The number of benzene rings is 2. The second-order valence-electron chi connectivity index (χ2n) is 7.14. The number of rotatable bonds is 6. The number of nitrogens with one attached hydrogen (secondary N) is 2. The summed E-state index contributed by atoms with van der Waals surface area (Å²) in [6, 6.07) is 13.3. The van der Waals surface area contributed by atoms with Gasteiger partial charge in [-0.25, -0.2) is 4.57 Å². The van der Waals surface area contributed by atoms with E-state index in [1.54, 1.807) is 30.3 Å². The van der Waals surface area contributed by atoms with Gasteiger partial charge in [-0.1, -0.05) is 35.3 Å². The molecule has 0 unspecified atom stereocenters. The van der Waals surface area contributed by atoms with Crippen molar-refractivity contribution in [3.63, 3.8) is 0 Å². The lowest BCUT2D eigenvalue weighted by Gasteiger charge is -2.12. The Hall–Kier alpha value is -3.40. The summed E-state index contributed by atoms with van der Waals surface area (Å²) in [5.41, 5.74) is 0.950. The third kappa shape index (κ3) is 4.63. The van der Waals surface area contributed by atoms with Gasteiger partial charge in [0.25, 0.3) is 17.3 Å². The van der Waals surface area contributed by atoms with E-state index in [-0.39, 0.29) is 44.9 Å². The zero-order valence-electron chi connectivity index (χ0n) is 18.0. The molecule has 0 atom stereocenters. The van der Waals surface area contributed by atoms with E-state index < -0.39 is 5.56 Å². The van der Waals surface area contributed by atoms with Crippen LogP contribution < -0.4 is 20.3 Å². The van der Waals surface area contributed by atoms with Gasteiger partial charge in [-0.15, -0.1) is 0 Å². The molecule has 0 radical (unpaired) electrons. The number of H-pyrrole nitrogens is 1. The van der Waals surface area contributed by atoms with E-state index in [9.17, 15) is 9.59 Å². The lowest BCUT2D eigenvalue weighted by Crippen LogP contribution is -2.24. The average molecular weight is 517 g/mol. The van der Waals surface area contributed by atoms with Gasteiger partial charge in [-0.05, 0) is 54.2 Å². The molecular formula is C23H18Cl2N4O4S. The van der Waals surface area contributed by atoms with Crippen LogP contribution in [-0.2, 0) is 6.54 Å². The molecule has 0 aliphatic carbocycles. The van der Waals surface area contributed by atoms with Crippen LogP contribution in [-0.4, -0.2) is 34.7 Å². The summed E-state index contributed by atoms with van der Waals surface area (Å²) in [5, 5.41) is 3.64. The van der Waals surface area contributed by atoms with Gasteiger partial charge in [0.2, 0.25) is 0 Å². The number of carbonyl (C=O) groups excluding carboxylic acids is 1. The summed E-state index contributed by atoms with van der Waals surface area (Å²) in [6.45, 7) is 0.275. The topological polar surface area (TPSA) is 98.2 Å². The maximum atomic E-state index is 13.3. The molecule has 174 valence electrons. The normalized spacial score (nSPS) is 10.8. The number of hydrogen-bond acceptors (Lipinski definition) is 6. The Balaban J connectivity index is 1.72. The SMILES string of the molecule is COc1ccc(-n2c(=S)[nH]c3cc(C(=O)NCc4cccc(Cl)c4)cc(Cl)c3c2=O)nc1OC. The Bertz CT molecular complexity index is 1530. The number of aromatic nitrogens is 3. The van der Waals surface area contributed by atoms with Crippen molar-refractivity contribution in [3.8, 4) is 17.4 Å². The largest absolute Gasteiger partial charge is 0.491 e. The minimum Gasteiger partial charge on any atom is -0.491 e. The third-order valence-corrected chi connectivity index (χ3v) is 5.83. The highest BCUT2D eigenvalue weighted by molar-refractivity contribution is 7.71. The van der Waals surface area contributed by atoms with Crippen molar-refractivity contribution < 1.29 is 14.3 Å². The highest BCUT2D eigenvalue weighted by Crippen LogP contribution is 2.26. The number of methoxy groups -OCH3 is 2. The zero-order chi connectivity index (χ0) is 24.4. The van der Waals surface area contributed by atoms with Gasteiger partial charge in [-0.2, -0.15) is 4.98 Å². The highest BCUT2D eigenvalue weighted by Gasteiger charge is 2.17. The smallest absolute Gasteiger partial charge is 0.269 e. The van der Waals surface area contributed by atoms with Crippen molar-refractivity contribution >= 4 is 52.2 Å². The van der Waals surface area contributed by atoms with Gasteiger partial charge < -0.3 is 19.8 Å². The van der Waals surface area contributed by atoms with Gasteiger partial charge in [0, 0.05) is 17.1 Å². The van der Waals surface area contributed by atoms with Crippen LogP contribution in [0.2, 0.25) is 10.0 Å². The first kappa shape index (κ1) is 23.7. The average Bonchev–Trinajstić information content (AvgIpc) is 2.81. The molecule has 0 fully saturated rings. The van der Waals surface area contributed by atoms with Gasteiger partial charge in [-0.3, -0.25) is 9.59 Å². The first-order valence-corrected chi connectivity index (χ1v) is 11.1. The molecule has 34 heavy (non-hydrogen) atoms. The van der Waals surface area contributed by atoms with Gasteiger partial charge >= 0.3 is 0 Å². The standard InChI is InChI=1S/C23H18Cl2N4O4S/c1-32-17-6-7-18(28-21(17)33-2)29-22(31)19-15(25)9-13(10-16(19)27-23(29)34)20(30)26-11-12-4-3-5-14(24)8-12/h3-10H,11H2,1-2H3,(H,26,30)(H,27,34). The molecule has 1 amide bonds. The number of fused-ring (bicyclic) bond motifs is 1. The van der Waals surface area contributed by atoms with Crippen molar-refractivity contribution in [2.75, 3.05) is 14.2 Å². The fourth-order valence-corrected chi connectivity index (χ4v) is 4.21. The predicted octanol–water partition coefficient (Wildman–Crippen LogP) is 4.70. The molecule has 4 rings (SSSR count). The molecule has 4 aromatic rings. The fraction of sp³-hybridized carbons (Fsp3) is 0.130. The monoisotopic (exact) mass is 516 g/mol. The second kappa shape index (κ2) is 9.84. The Labute approximate surface area is 209 Å². The van der Waals surface area contributed by atoms with Gasteiger partial charge in [0.15, 0.2) is 10.5 Å². The molecule has 2 aromatic carbocycles. The van der Waals surface area contributed by atoms with Crippen LogP contribution in [0.4, 0.5) is 0 Å². The highest BCUT2D eigenvalue weighted by atomic mass is 35.5. The predicted molar refractivity (Wildman–Crippen MR) is 133 cm³/mol. The van der Waals surface area contributed by atoms with Crippen molar-refractivity contribution in [2.24, 2.45) is 0 Å². The van der Waals surface area contributed by atoms with E-state index in [1.165, 1.54) is 30.9 Å². The summed E-state index contributed by atoms with van der Waals surface area (Å²) in [4.78, 5) is 33.3. The van der Waals surface area contributed by atoms with E-state index in [2.05, 4.69) is 15.3 Å². The first-order valence-electron chi connectivity index (χ1n) is 9.93. The van der Waals surface area contributed by atoms with Crippen LogP contribution in [0.1, 0.15) is 15.9 Å². The molecule has 0 aliphatic heterocycles. The van der Waals surface area contributed by atoms with Crippen LogP contribution in [0.3, 0.4) is 0 Å². The van der Waals surface area contributed by atoms with E-state index in [4.69, 9.17) is 44.9 Å². The van der Waals surface area contributed by atoms with Gasteiger partial charge in [0.05, 0.1) is 30.1 Å². The minimum atomic E-state index is -0.491. The van der Waals surface area contributed by atoms with Crippen LogP contribution in [0.15, 0.2) is 53.3 Å². The van der Waals surface area contributed by atoms with E-state index >= 15 is 0 Å². The summed E-state index contributed by atoms with van der Waals surface area (Å²) >= 11 is 17.8. The quantitative estimate of drug-likeness (QED) is 0.360.